The highest BCUT2D eigenvalue weighted by Gasteiger charge is 2.23. The van der Waals surface area contributed by atoms with E-state index in [1.807, 2.05) is 17.0 Å². The lowest BCUT2D eigenvalue weighted by molar-refractivity contribution is 0.0601. The maximum absolute atomic E-state index is 12.9. The van der Waals surface area contributed by atoms with Crippen molar-refractivity contribution < 1.29 is 14.3 Å². The average molecular weight is 336 g/mol. The van der Waals surface area contributed by atoms with Crippen molar-refractivity contribution in [2.45, 2.75) is 46.3 Å². The van der Waals surface area contributed by atoms with Crippen LogP contribution in [0.1, 0.15) is 47.4 Å². The molecule has 0 fully saturated rings. The van der Waals surface area contributed by atoms with E-state index in [2.05, 4.69) is 33.5 Å². The van der Waals surface area contributed by atoms with Crippen LogP contribution in [-0.2, 0) is 4.74 Å². The zero-order valence-electron chi connectivity index (χ0n) is 15.2. The Labute approximate surface area is 140 Å². The van der Waals surface area contributed by atoms with Crippen LogP contribution in [-0.4, -0.2) is 45.0 Å². The lowest BCUT2D eigenvalue weighted by Gasteiger charge is -2.24. The van der Waals surface area contributed by atoms with Crippen LogP contribution in [0.4, 0.5) is 0 Å². The third kappa shape index (κ3) is 5.20. The van der Waals surface area contributed by atoms with Gasteiger partial charge in [0.25, 0.3) is 5.91 Å². The van der Waals surface area contributed by atoms with E-state index in [-0.39, 0.29) is 5.91 Å². The fourth-order valence-corrected chi connectivity index (χ4v) is 3.63. The molecule has 0 aliphatic rings. The number of carbonyl (C=O) groups excluding carboxylic acids is 2. The molecule has 0 spiro atoms. The predicted molar refractivity (Wildman–Crippen MR) is 97.2 cm³/mol. The SMILES string of the molecule is CCCN(CCC)C(=O)c1cc(C(=O)OC)cc([Si](C)(C)C)c1. The van der Waals surface area contributed by atoms with Gasteiger partial charge in [-0.3, -0.25) is 4.79 Å². The highest BCUT2D eigenvalue weighted by atomic mass is 28.3. The van der Waals surface area contributed by atoms with Gasteiger partial charge in [0.15, 0.2) is 0 Å². The molecule has 1 amide bonds. The van der Waals surface area contributed by atoms with Gasteiger partial charge in [0.1, 0.15) is 0 Å². The van der Waals surface area contributed by atoms with Gasteiger partial charge in [0.2, 0.25) is 0 Å². The van der Waals surface area contributed by atoms with E-state index in [1.165, 1.54) is 7.11 Å². The summed E-state index contributed by atoms with van der Waals surface area (Å²) in [6.07, 6.45) is 1.84. The first-order valence-electron chi connectivity index (χ1n) is 8.27. The van der Waals surface area contributed by atoms with Crippen LogP contribution in [0, 0.1) is 0 Å². The number of ether oxygens (including phenoxy) is 1. The molecule has 0 atom stereocenters. The number of hydrogen-bond acceptors (Lipinski definition) is 3. The van der Waals surface area contributed by atoms with E-state index in [4.69, 9.17) is 4.74 Å². The first kappa shape index (κ1) is 19.4. The Morgan fingerprint density at radius 3 is 1.96 bits per heavy atom. The molecule has 0 bridgehead atoms. The maximum atomic E-state index is 12.9. The van der Waals surface area contributed by atoms with Crippen LogP contribution >= 0.6 is 0 Å². The minimum Gasteiger partial charge on any atom is -0.465 e. The van der Waals surface area contributed by atoms with Gasteiger partial charge in [-0.1, -0.05) is 44.7 Å². The fraction of sp³-hybridized carbons (Fsp3) is 0.556. The minimum atomic E-state index is -1.65. The second-order valence-corrected chi connectivity index (χ2v) is 11.9. The number of carbonyl (C=O) groups is 2. The Morgan fingerprint density at radius 2 is 1.52 bits per heavy atom. The number of hydrogen-bond donors (Lipinski definition) is 0. The monoisotopic (exact) mass is 335 g/mol. The summed E-state index contributed by atoms with van der Waals surface area (Å²) in [7, 11) is -0.284. The molecule has 0 saturated heterocycles. The molecule has 128 valence electrons. The molecule has 0 radical (unpaired) electrons. The second-order valence-electron chi connectivity index (χ2n) is 6.83. The van der Waals surface area contributed by atoms with Crippen molar-refractivity contribution in [1.29, 1.82) is 0 Å². The number of benzene rings is 1. The van der Waals surface area contributed by atoms with Gasteiger partial charge in [0, 0.05) is 18.7 Å². The van der Waals surface area contributed by atoms with Gasteiger partial charge < -0.3 is 9.64 Å². The van der Waals surface area contributed by atoms with Crippen molar-refractivity contribution in [3.63, 3.8) is 0 Å². The van der Waals surface area contributed by atoms with Crippen molar-refractivity contribution in [2.24, 2.45) is 0 Å². The van der Waals surface area contributed by atoms with E-state index in [0.717, 1.165) is 31.1 Å². The Hall–Kier alpha value is -1.62. The van der Waals surface area contributed by atoms with Crippen molar-refractivity contribution in [1.82, 2.24) is 4.90 Å². The highest BCUT2D eigenvalue weighted by Crippen LogP contribution is 2.13. The predicted octanol–water partition coefficient (Wildman–Crippen LogP) is 3.28. The molecule has 5 heteroatoms. The van der Waals surface area contributed by atoms with Crippen LogP contribution in [0.5, 0.6) is 0 Å². The van der Waals surface area contributed by atoms with Gasteiger partial charge in [-0.15, -0.1) is 0 Å². The first-order valence-corrected chi connectivity index (χ1v) is 11.8. The van der Waals surface area contributed by atoms with Gasteiger partial charge >= 0.3 is 5.97 Å². The summed E-state index contributed by atoms with van der Waals surface area (Å²) in [6, 6.07) is 5.49. The summed E-state index contributed by atoms with van der Waals surface area (Å²) in [5.74, 6) is -0.393. The molecule has 23 heavy (non-hydrogen) atoms. The van der Waals surface area contributed by atoms with E-state index in [1.54, 1.807) is 6.07 Å². The Bertz CT molecular complexity index is 558. The van der Waals surface area contributed by atoms with Crippen molar-refractivity contribution in [2.75, 3.05) is 20.2 Å². The van der Waals surface area contributed by atoms with Crippen molar-refractivity contribution in [3.05, 3.63) is 29.3 Å². The highest BCUT2D eigenvalue weighted by molar-refractivity contribution is 6.88. The molecule has 0 saturated carbocycles. The smallest absolute Gasteiger partial charge is 0.337 e. The molecule has 0 aliphatic heterocycles. The van der Waals surface area contributed by atoms with Crippen LogP contribution in [0.25, 0.3) is 0 Å². The molecular weight excluding hydrogens is 306 g/mol. The number of amides is 1. The summed E-state index contributed by atoms with van der Waals surface area (Å²) >= 11 is 0. The van der Waals surface area contributed by atoms with Crippen molar-refractivity contribution >= 4 is 25.1 Å². The summed E-state index contributed by atoms with van der Waals surface area (Å²) in [6.45, 7) is 12.2. The van der Waals surface area contributed by atoms with E-state index in [0.29, 0.717) is 11.1 Å². The summed E-state index contributed by atoms with van der Waals surface area (Å²) in [4.78, 5) is 26.7. The van der Waals surface area contributed by atoms with Gasteiger partial charge in [-0.2, -0.15) is 0 Å². The largest absolute Gasteiger partial charge is 0.465 e. The lowest BCUT2D eigenvalue weighted by atomic mass is 10.1. The zero-order chi connectivity index (χ0) is 17.6. The molecule has 0 heterocycles. The number of nitrogens with zero attached hydrogens (tertiary/aromatic N) is 1. The van der Waals surface area contributed by atoms with Gasteiger partial charge in [0.05, 0.1) is 20.7 Å². The third-order valence-electron chi connectivity index (χ3n) is 3.74. The summed E-state index contributed by atoms with van der Waals surface area (Å²) in [5.41, 5.74) is 1.05. The third-order valence-corrected chi connectivity index (χ3v) is 5.76. The summed E-state index contributed by atoms with van der Waals surface area (Å²) in [5, 5.41) is 1.09. The van der Waals surface area contributed by atoms with Crippen LogP contribution in [0.3, 0.4) is 0 Å². The maximum Gasteiger partial charge on any atom is 0.337 e. The number of methoxy groups -OCH3 is 1. The van der Waals surface area contributed by atoms with Crippen molar-refractivity contribution in [3.8, 4) is 0 Å². The Morgan fingerprint density at radius 1 is 1.00 bits per heavy atom. The zero-order valence-corrected chi connectivity index (χ0v) is 16.2. The molecule has 0 aliphatic carbocycles. The fourth-order valence-electron chi connectivity index (χ4n) is 2.46. The second kappa shape index (κ2) is 8.29. The van der Waals surface area contributed by atoms with E-state index >= 15 is 0 Å². The van der Waals surface area contributed by atoms with Crippen LogP contribution in [0.15, 0.2) is 18.2 Å². The molecular formula is C18H29NO3Si. The quantitative estimate of drug-likeness (QED) is 0.567. The van der Waals surface area contributed by atoms with Crippen LogP contribution < -0.4 is 5.19 Å². The molecule has 1 aromatic rings. The van der Waals surface area contributed by atoms with Gasteiger partial charge in [-0.25, -0.2) is 4.79 Å². The van der Waals surface area contributed by atoms with E-state index in [9.17, 15) is 9.59 Å². The molecule has 1 rings (SSSR count). The normalized spacial score (nSPS) is 11.2. The molecule has 0 unspecified atom stereocenters. The first-order chi connectivity index (χ1) is 10.7. The molecule has 0 aromatic heterocycles. The minimum absolute atomic E-state index is 0.000969. The van der Waals surface area contributed by atoms with Gasteiger partial charge in [-0.05, 0) is 25.0 Å². The van der Waals surface area contributed by atoms with E-state index < -0.39 is 14.0 Å². The molecule has 0 N–H and O–H groups in total. The van der Waals surface area contributed by atoms with Crippen LogP contribution in [0.2, 0.25) is 19.6 Å². The standard InChI is InChI=1S/C18H29NO3Si/c1-7-9-19(10-8-2)17(20)14-11-15(18(21)22-3)13-16(12-14)23(4,5)6/h11-13H,7-10H2,1-6H3. The molecule has 4 nitrogen and oxygen atoms in total. The lowest BCUT2D eigenvalue weighted by Crippen LogP contribution is -2.40. The Balaban J connectivity index is 3.32. The Kier molecular flexibility index (Phi) is 7.00. The summed E-state index contributed by atoms with van der Waals surface area (Å²) < 4.78 is 4.85. The number of rotatable bonds is 7. The molecule has 1 aromatic carbocycles. The average Bonchev–Trinajstić information content (AvgIpc) is 2.51. The topological polar surface area (TPSA) is 46.6 Å². The number of esters is 1.